The summed E-state index contributed by atoms with van der Waals surface area (Å²) in [6.45, 7) is 0. The number of nitrogens with two attached hydrogens (primary N) is 1. The zero-order chi connectivity index (χ0) is 10.8. The standard InChI is InChI=1S/C11H9NO3/c12-9-2-1-3-10-8(9)6-7(15-10)4-5-11(13)14/h1-6H,12H2,(H,13,14)/p-1/b5-4+. The minimum Gasteiger partial charge on any atom is -0.545 e. The number of fused-ring (bicyclic) bond motifs is 1. The predicted molar refractivity (Wildman–Crippen MR) is 54.7 cm³/mol. The Morgan fingerprint density at radius 3 is 2.93 bits per heavy atom. The number of furan rings is 1. The van der Waals surface area contributed by atoms with Gasteiger partial charge in [0.15, 0.2) is 0 Å². The molecular weight excluding hydrogens is 194 g/mol. The van der Waals surface area contributed by atoms with Crippen LogP contribution in [0.25, 0.3) is 17.0 Å². The molecule has 0 fully saturated rings. The SMILES string of the molecule is Nc1cccc2oc(/C=C/C(=O)[O-])cc12. The summed E-state index contributed by atoms with van der Waals surface area (Å²) in [4.78, 5) is 10.2. The molecule has 0 aliphatic rings. The van der Waals surface area contributed by atoms with E-state index in [1.807, 2.05) is 0 Å². The second-order valence-electron chi connectivity index (χ2n) is 3.06. The number of hydrogen-bond donors (Lipinski definition) is 1. The number of nitrogen functional groups attached to an aromatic ring is 1. The molecule has 0 saturated carbocycles. The van der Waals surface area contributed by atoms with E-state index in [0.29, 0.717) is 17.0 Å². The number of aliphatic carboxylic acids is 1. The lowest BCUT2D eigenvalue weighted by molar-refractivity contribution is -0.297. The third-order valence-corrected chi connectivity index (χ3v) is 2.00. The van der Waals surface area contributed by atoms with E-state index in [-0.39, 0.29) is 0 Å². The van der Waals surface area contributed by atoms with Crippen LogP contribution in [0.15, 0.2) is 34.8 Å². The van der Waals surface area contributed by atoms with Gasteiger partial charge in [0.2, 0.25) is 0 Å². The first-order chi connectivity index (χ1) is 7.16. The van der Waals surface area contributed by atoms with Crippen LogP contribution in [0.4, 0.5) is 5.69 Å². The predicted octanol–water partition coefficient (Wildman–Crippen LogP) is 0.778. The molecule has 2 rings (SSSR count). The zero-order valence-electron chi connectivity index (χ0n) is 7.77. The average molecular weight is 202 g/mol. The van der Waals surface area contributed by atoms with Gasteiger partial charge in [-0.15, -0.1) is 0 Å². The van der Waals surface area contributed by atoms with Crippen LogP contribution in [0.1, 0.15) is 5.76 Å². The number of anilines is 1. The average Bonchev–Trinajstić information content (AvgIpc) is 2.59. The van der Waals surface area contributed by atoms with Crippen LogP contribution in [0.5, 0.6) is 0 Å². The maximum atomic E-state index is 10.2. The second kappa shape index (κ2) is 3.49. The molecule has 2 N–H and O–H groups in total. The van der Waals surface area contributed by atoms with Gasteiger partial charge in [-0.3, -0.25) is 0 Å². The molecule has 0 unspecified atom stereocenters. The van der Waals surface area contributed by atoms with Crippen molar-refractivity contribution >= 4 is 28.7 Å². The molecule has 15 heavy (non-hydrogen) atoms. The Morgan fingerprint density at radius 2 is 2.27 bits per heavy atom. The lowest BCUT2D eigenvalue weighted by atomic mass is 10.2. The van der Waals surface area contributed by atoms with E-state index >= 15 is 0 Å². The Morgan fingerprint density at radius 1 is 1.47 bits per heavy atom. The van der Waals surface area contributed by atoms with Gasteiger partial charge >= 0.3 is 0 Å². The highest BCUT2D eigenvalue weighted by Gasteiger charge is 2.02. The number of hydrogen-bond acceptors (Lipinski definition) is 4. The van der Waals surface area contributed by atoms with Crippen molar-refractivity contribution in [2.24, 2.45) is 0 Å². The lowest BCUT2D eigenvalue weighted by Crippen LogP contribution is -2.18. The van der Waals surface area contributed by atoms with Crippen molar-refractivity contribution < 1.29 is 14.3 Å². The second-order valence-corrected chi connectivity index (χ2v) is 3.06. The maximum absolute atomic E-state index is 10.2. The molecule has 2 aromatic rings. The molecule has 4 nitrogen and oxygen atoms in total. The minimum absolute atomic E-state index is 0.437. The first-order valence-corrected chi connectivity index (χ1v) is 4.34. The largest absolute Gasteiger partial charge is 0.545 e. The number of benzene rings is 1. The summed E-state index contributed by atoms with van der Waals surface area (Å²) >= 11 is 0. The summed E-state index contributed by atoms with van der Waals surface area (Å²) in [6, 6.07) is 6.98. The number of rotatable bonds is 2. The zero-order valence-corrected chi connectivity index (χ0v) is 7.77. The van der Waals surface area contributed by atoms with Gasteiger partial charge in [0.05, 0.1) is 5.97 Å². The molecule has 0 spiro atoms. The molecule has 0 aliphatic heterocycles. The van der Waals surface area contributed by atoms with Crippen LogP contribution in [0, 0.1) is 0 Å². The molecule has 0 bridgehead atoms. The van der Waals surface area contributed by atoms with E-state index < -0.39 is 5.97 Å². The molecule has 76 valence electrons. The van der Waals surface area contributed by atoms with Gasteiger partial charge in [-0.05, 0) is 30.4 Å². The van der Waals surface area contributed by atoms with E-state index in [2.05, 4.69) is 0 Å². The van der Waals surface area contributed by atoms with E-state index in [4.69, 9.17) is 10.2 Å². The topological polar surface area (TPSA) is 79.3 Å². The Kier molecular flexibility index (Phi) is 2.17. The highest BCUT2D eigenvalue weighted by Crippen LogP contribution is 2.25. The van der Waals surface area contributed by atoms with Crippen molar-refractivity contribution in [1.82, 2.24) is 0 Å². The van der Waals surface area contributed by atoms with Crippen molar-refractivity contribution in [3.8, 4) is 0 Å². The molecule has 1 aromatic heterocycles. The van der Waals surface area contributed by atoms with Gasteiger partial charge in [-0.1, -0.05) is 6.07 Å². The van der Waals surface area contributed by atoms with E-state index in [0.717, 1.165) is 11.5 Å². The Bertz CT molecular complexity index is 540. The van der Waals surface area contributed by atoms with Crippen LogP contribution in [-0.4, -0.2) is 5.97 Å². The highest BCUT2D eigenvalue weighted by molar-refractivity contribution is 5.92. The quantitative estimate of drug-likeness (QED) is 0.576. The van der Waals surface area contributed by atoms with E-state index in [1.165, 1.54) is 6.08 Å². The fourth-order valence-corrected chi connectivity index (χ4v) is 1.34. The monoisotopic (exact) mass is 202 g/mol. The Balaban J connectivity index is 2.48. The van der Waals surface area contributed by atoms with Gasteiger partial charge < -0.3 is 20.1 Å². The summed E-state index contributed by atoms with van der Waals surface area (Å²) in [5.74, 6) is -0.824. The molecule has 0 saturated heterocycles. The van der Waals surface area contributed by atoms with Crippen LogP contribution >= 0.6 is 0 Å². The van der Waals surface area contributed by atoms with Crippen LogP contribution in [-0.2, 0) is 4.79 Å². The summed E-state index contributed by atoms with van der Waals surface area (Å²) in [5, 5.41) is 11.0. The van der Waals surface area contributed by atoms with E-state index in [9.17, 15) is 9.90 Å². The summed E-state index contributed by atoms with van der Waals surface area (Å²) < 4.78 is 5.34. The maximum Gasteiger partial charge on any atom is 0.136 e. The van der Waals surface area contributed by atoms with Crippen LogP contribution < -0.4 is 10.8 Å². The molecule has 1 aromatic carbocycles. The Hall–Kier alpha value is -2.23. The van der Waals surface area contributed by atoms with Gasteiger partial charge in [-0.2, -0.15) is 0 Å². The van der Waals surface area contributed by atoms with Crippen molar-refractivity contribution in [3.05, 3.63) is 36.1 Å². The number of carboxylic acids is 1. The summed E-state index contributed by atoms with van der Waals surface area (Å²) in [5.41, 5.74) is 6.95. The third-order valence-electron chi connectivity index (χ3n) is 2.00. The smallest absolute Gasteiger partial charge is 0.136 e. The normalized spacial score (nSPS) is 11.2. The van der Waals surface area contributed by atoms with Gasteiger partial charge in [0.25, 0.3) is 0 Å². The van der Waals surface area contributed by atoms with Crippen molar-refractivity contribution in [3.63, 3.8) is 0 Å². The highest BCUT2D eigenvalue weighted by atomic mass is 16.4. The number of carbonyl (C=O) groups excluding carboxylic acids is 1. The van der Waals surface area contributed by atoms with Gasteiger partial charge in [0.1, 0.15) is 11.3 Å². The van der Waals surface area contributed by atoms with Gasteiger partial charge in [-0.25, -0.2) is 0 Å². The summed E-state index contributed by atoms with van der Waals surface area (Å²) in [7, 11) is 0. The molecule has 0 atom stereocenters. The molecule has 0 aliphatic carbocycles. The fourth-order valence-electron chi connectivity index (χ4n) is 1.34. The van der Waals surface area contributed by atoms with Crippen molar-refractivity contribution in [2.45, 2.75) is 0 Å². The molecule has 0 radical (unpaired) electrons. The third kappa shape index (κ3) is 1.83. The van der Waals surface area contributed by atoms with Crippen molar-refractivity contribution in [1.29, 1.82) is 0 Å². The fraction of sp³-hybridized carbons (Fsp3) is 0. The first kappa shape index (κ1) is 9.33. The van der Waals surface area contributed by atoms with Gasteiger partial charge in [0, 0.05) is 11.1 Å². The Labute approximate surface area is 85.6 Å². The first-order valence-electron chi connectivity index (χ1n) is 4.34. The molecule has 0 amide bonds. The van der Waals surface area contributed by atoms with Crippen molar-refractivity contribution in [2.75, 3.05) is 5.73 Å². The minimum atomic E-state index is -1.26. The van der Waals surface area contributed by atoms with E-state index in [1.54, 1.807) is 24.3 Å². The lowest BCUT2D eigenvalue weighted by Gasteiger charge is -1.91. The molecule has 1 heterocycles. The molecule has 4 heteroatoms. The summed E-state index contributed by atoms with van der Waals surface area (Å²) in [6.07, 6.45) is 2.24. The van der Waals surface area contributed by atoms with Crippen LogP contribution in [0.3, 0.4) is 0 Å². The molecular formula is C11H8NO3-. The number of carbonyl (C=O) groups is 1. The van der Waals surface area contributed by atoms with Crippen LogP contribution in [0.2, 0.25) is 0 Å². The number of carboxylic acid groups (broad SMARTS) is 1.